The van der Waals surface area contributed by atoms with Crippen LogP contribution in [0.3, 0.4) is 0 Å². The maximum atomic E-state index is 14.2. The number of rotatable bonds is 38. The predicted molar refractivity (Wildman–Crippen MR) is 284 cm³/mol. The van der Waals surface area contributed by atoms with Gasteiger partial charge in [-0.25, -0.2) is 0 Å². The van der Waals surface area contributed by atoms with Gasteiger partial charge in [-0.2, -0.15) is 0 Å². The van der Waals surface area contributed by atoms with Crippen molar-refractivity contribution in [3.8, 4) is 5.75 Å². The third kappa shape index (κ3) is 28.0. The Hall–Kier alpha value is -8.88. The standard InChI is InChI=1S/C47H77N17O16/c1-22(2)18-31(62-41(75)29(12-14-34(49)67)61-40(74)30(13-15-36(69)70)58-37(71)26(48)19-24-8-10-25(66)11-9-24)42(76)59-28(7-5-17-56-47(53)54)39(73)63-32(20-35(50)68)43(77)64-33(21-65)44(78)60-27(6-4-16-55-46(51)52)38(72)57-23(3)45(79)80/h8-11,22-23,26-33,65-66H,4-7,12-21,48H2,1-3H3,(H2,49,67)(H2,50,68)(H,57,72)(H,58,71)(H,59,76)(H,60,78)(H,61,74)(H,62,75)(H,63,73)(H,64,77)(H,69,70)(H,79,80)(H4,51,52,55)(H4,53,54,56)/t23-,26-,27-,28-,29-,30-,31-,32-,33-/m0/s1. The van der Waals surface area contributed by atoms with Crippen LogP contribution in [-0.2, 0) is 64.0 Å². The number of nitrogens with zero attached hydrogens (tertiary/aromatic N) is 2. The second kappa shape index (κ2) is 35.5. The van der Waals surface area contributed by atoms with Gasteiger partial charge in [0.15, 0.2) is 11.9 Å². The Morgan fingerprint density at radius 3 is 1.31 bits per heavy atom. The number of nitrogens with two attached hydrogens (primary N) is 7. The summed E-state index contributed by atoms with van der Waals surface area (Å²) in [7, 11) is 0. The molecule has 26 N–H and O–H groups in total. The van der Waals surface area contributed by atoms with Gasteiger partial charge in [0.1, 0.15) is 54.1 Å². The van der Waals surface area contributed by atoms with E-state index in [2.05, 4.69) is 52.5 Å². The molecule has 0 saturated heterocycles. The number of primary amides is 2. The van der Waals surface area contributed by atoms with Gasteiger partial charge in [0, 0.05) is 25.9 Å². The molecule has 1 rings (SSSR count). The summed E-state index contributed by atoms with van der Waals surface area (Å²) >= 11 is 0. The number of aliphatic carboxylic acids is 2. The quantitative estimate of drug-likeness (QED) is 0.0166. The lowest BCUT2D eigenvalue weighted by Crippen LogP contribution is -2.61. The number of phenolic OH excluding ortho intramolecular Hbond substituents is 1. The maximum Gasteiger partial charge on any atom is 0.325 e. The van der Waals surface area contributed by atoms with Crippen LogP contribution in [0.25, 0.3) is 0 Å². The van der Waals surface area contributed by atoms with Crippen molar-refractivity contribution in [1.29, 1.82) is 0 Å². The lowest BCUT2D eigenvalue weighted by atomic mass is 10.0. The molecule has 0 fully saturated rings. The molecule has 0 aliphatic heterocycles. The van der Waals surface area contributed by atoms with Crippen molar-refractivity contribution in [2.45, 2.75) is 146 Å². The fourth-order valence-electron chi connectivity index (χ4n) is 7.21. The van der Waals surface area contributed by atoms with Gasteiger partial charge < -0.3 is 103 Å². The second-order valence-corrected chi connectivity index (χ2v) is 18.8. The van der Waals surface area contributed by atoms with Crippen molar-refractivity contribution in [2.24, 2.45) is 56.0 Å². The van der Waals surface area contributed by atoms with Crippen LogP contribution < -0.4 is 82.7 Å². The number of nitrogens with one attached hydrogen (secondary N) is 8. The van der Waals surface area contributed by atoms with Crippen LogP contribution in [0.15, 0.2) is 34.3 Å². The highest BCUT2D eigenvalue weighted by Crippen LogP contribution is 2.13. The average molecular weight is 1140 g/mol. The van der Waals surface area contributed by atoms with E-state index in [1.807, 2.05) is 0 Å². The van der Waals surface area contributed by atoms with E-state index < -0.39 is 164 Å². The first kappa shape index (κ1) is 69.1. The number of hydrogen-bond donors (Lipinski definition) is 19. The topological polar surface area (TPSA) is 589 Å². The number of aliphatic imine (C=N–C) groups is 2. The largest absolute Gasteiger partial charge is 0.508 e. The summed E-state index contributed by atoms with van der Waals surface area (Å²) in [6.45, 7) is 3.24. The Bertz CT molecular complexity index is 2380. The number of carboxylic acid groups (broad SMARTS) is 2. The molecule has 0 bridgehead atoms. The third-order valence-corrected chi connectivity index (χ3v) is 11.4. The van der Waals surface area contributed by atoms with E-state index in [-0.39, 0.29) is 75.2 Å². The van der Waals surface area contributed by atoms with Crippen LogP contribution in [0.2, 0.25) is 0 Å². The maximum absolute atomic E-state index is 14.2. The molecular weight excluding hydrogens is 1060 g/mol. The highest BCUT2D eigenvalue weighted by molar-refractivity contribution is 5.99. The molecule has 0 unspecified atom stereocenters. The monoisotopic (exact) mass is 1140 g/mol. The minimum Gasteiger partial charge on any atom is -0.508 e. The molecule has 1 aromatic rings. The third-order valence-electron chi connectivity index (χ3n) is 11.4. The molecule has 0 saturated carbocycles. The minimum absolute atomic E-state index is 0.0164. The summed E-state index contributed by atoms with van der Waals surface area (Å²) < 4.78 is 0. The summed E-state index contributed by atoms with van der Waals surface area (Å²) in [5, 5.41) is 57.1. The van der Waals surface area contributed by atoms with E-state index in [0.717, 1.165) is 6.92 Å². The van der Waals surface area contributed by atoms with Gasteiger partial charge in [-0.1, -0.05) is 26.0 Å². The molecule has 80 heavy (non-hydrogen) atoms. The normalized spacial score (nSPS) is 14.2. The summed E-state index contributed by atoms with van der Waals surface area (Å²) in [4.78, 5) is 164. The Morgan fingerprint density at radius 1 is 0.500 bits per heavy atom. The highest BCUT2D eigenvalue weighted by Gasteiger charge is 2.36. The van der Waals surface area contributed by atoms with Crippen LogP contribution in [0.5, 0.6) is 5.75 Å². The van der Waals surface area contributed by atoms with Crippen LogP contribution >= 0.6 is 0 Å². The first-order chi connectivity index (χ1) is 37.4. The lowest BCUT2D eigenvalue weighted by Gasteiger charge is -2.28. The van der Waals surface area contributed by atoms with Crippen molar-refractivity contribution in [1.82, 2.24) is 42.5 Å². The number of phenols is 1. The van der Waals surface area contributed by atoms with Crippen LogP contribution in [-0.4, -0.2) is 177 Å². The molecular formula is C47H77N17O16. The molecule has 0 heterocycles. The molecule has 0 aromatic heterocycles. The van der Waals surface area contributed by atoms with E-state index >= 15 is 0 Å². The molecule has 0 aliphatic carbocycles. The number of hydrogen-bond acceptors (Lipinski definition) is 17. The molecule has 1 aromatic carbocycles. The van der Waals surface area contributed by atoms with Crippen molar-refractivity contribution in [3.63, 3.8) is 0 Å². The van der Waals surface area contributed by atoms with E-state index in [1.54, 1.807) is 13.8 Å². The van der Waals surface area contributed by atoms with E-state index in [4.69, 9.17) is 40.1 Å². The van der Waals surface area contributed by atoms with Gasteiger partial charge in [-0.3, -0.25) is 67.5 Å². The first-order valence-electron chi connectivity index (χ1n) is 25.1. The zero-order chi connectivity index (χ0) is 60.8. The van der Waals surface area contributed by atoms with Gasteiger partial charge in [-0.05, 0) is 81.9 Å². The van der Waals surface area contributed by atoms with Crippen LogP contribution in [0.4, 0.5) is 0 Å². The van der Waals surface area contributed by atoms with Crippen molar-refractivity contribution in [3.05, 3.63) is 29.8 Å². The van der Waals surface area contributed by atoms with Crippen LogP contribution in [0.1, 0.15) is 90.5 Å². The number of guanidine groups is 2. The molecule has 446 valence electrons. The number of aliphatic hydroxyl groups is 1. The summed E-state index contributed by atoms with van der Waals surface area (Å²) in [5.41, 5.74) is 39.0. The van der Waals surface area contributed by atoms with Crippen molar-refractivity contribution < 1.29 is 78.0 Å². The smallest absolute Gasteiger partial charge is 0.325 e. The van der Waals surface area contributed by atoms with Gasteiger partial charge in [-0.15, -0.1) is 0 Å². The average Bonchev–Trinajstić information content (AvgIpc) is 3.36. The number of carbonyl (C=O) groups excluding carboxylic acids is 10. The van der Waals surface area contributed by atoms with Gasteiger partial charge in [0.25, 0.3) is 0 Å². The minimum atomic E-state index is -1.91. The molecule has 0 radical (unpaired) electrons. The number of amides is 10. The first-order valence-corrected chi connectivity index (χ1v) is 25.1. The number of carboxylic acids is 2. The number of aliphatic hydroxyl groups excluding tert-OH is 1. The van der Waals surface area contributed by atoms with E-state index in [9.17, 15) is 78.0 Å². The Labute approximate surface area is 459 Å². The van der Waals surface area contributed by atoms with E-state index in [0.29, 0.717) is 5.56 Å². The SMILES string of the molecule is CC(C)C[C@H](NC(=O)[C@H](CCC(N)=O)NC(=O)[C@H](CCC(=O)O)NC(=O)[C@@H](N)Cc1ccc(O)cc1)C(=O)N[C@@H](CCCN=C(N)N)C(=O)N[C@@H](CC(N)=O)C(=O)N[C@@H](CO)C(=O)N[C@@H](CCCN=C(N)N)C(=O)N[C@@H](C)C(=O)O. The highest BCUT2D eigenvalue weighted by atomic mass is 16.4. The zero-order valence-electron chi connectivity index (χ0n) is 44.6. The molecule has 0 spiro atoms. The van der Waals surface area contributed by atoms with Crippen molar-refractivity contribution >= 4 is 82.9 Å². The Morgan fingerprint density at radius 2 is 0.887 bits per heavy atom. The number of carbonyl (C=O) groups is 12. The molecule has 9 atom stereocenters. The zero-order valence-corrected chi connectivity index (χ0v) is 44.6. The number of aromatic hydroxyl groups is 1. The van der Waals surface area contributed by atoms with E-state index in [1.165, 1.54) is 24.3 Å². The fourth-order valence-corrected chi connectivity index (χ4v) is 7.21. The van der Waals surface area contributed by atoms with Crippen LogP contribution in [0, 0.1) is 5.92 Å². The molecule has 10 amide bonds. The molecule has 0 aliphatic rings. The second-order valence-electron chi connectivity index (χ2n) is 18.8. The van der Waals surface area contributed by atoms with Gasteiger partial charge in [0.2, 0.25) is 59.1 Å². The molecule has 33 heteroatoms. The summed E-state index contributed by atoms with van der Waals surface area (Å²) in [5.74, 6) is -14.5. The lowest BCUT2D eigenvalue weighted by molar-refractivity contribution is -0.142. The van der Waals surface area contributed by atoms with Gasteiger partial charge >= 0.3 is 11.9 Å². The summed E-state index contributed by atoms with van der Waals surface area (Å²) in [6.07, 6.45) is -3.63. The van der Waals surface area contributed by atoms with Crippen molar-refractivity contribution in [2.75, 3.05) is 19.7 Å². The Kier molecular flexibility index (Phi) is 30.7. The number of benzene rings is 1. The summed E-state index contributed by atoms with van der Waals surface area (Å²) in [6, 6.07) is -8.62. The molecule has 33 nitrogen and oxygen atoms in total. The van der Waals surface area contributed by atoms with Gasteiger partial charge in [0.05, 0.1) is 19.1 Å². The Balaban J connectivity index is 3.53. The predicted octanol–water partition coefficient (Wildman–Crippen LogP) is -7.60. The fraction of sp³-hybridized carbons (Fsp3) is 0.574.